The van der Waals surface area contributed by atoms with Crippen molar-refractivity contribution in [1.82, 2.24) is 0 Å². The van der Waals surface area contributed by atoms with Gasteiger partial charge in [-0.05, 0) is 48.2 Å². The molecule has 0 atom stereocenters. The number of hydrogen-bond acceptors (Lipinski definition) is 4. The Bertz CT molecular complexity index is 880. The van der Waals surface area contributed by atoms with E-state index in [1.165, 1.54) is 11.3 Å². The van der Waals surface area contributed by atoms with Crippen LogP contribution in [0.1, 0.15) is 16.7 Å². The summed E-state index contributed by atoms with van der Waals surface area (Å²) in [5, 5.41) is 3.80. The second-order valence-corrected chi connectivity index (χ2v) is 6.39. The van der Waals surface area contributed by atoms with Crippen molar-refractivity contribution in [2.24, 2.45) is 0 Å². The first kappa shape index (κ1) is 17.2. The summed E-state index contributed by atoms with van der Waals surface area (Å²) in [6.45, 7) is 2.20. The van der Waals surface area contributed by atoms with Crippen LogP contribution in [0.5, 0.6) is 11.5 Å². The Morgan fingerprint density at radius 1 is 0.920 bits per heavy atom. The van der Waals surface area contributed by atoms with E-state index in [4.69, 9.17) is 15.2 Å². The maximum atomic E-state index is 13.7. The molecule has 1 aromatic heterocycles. The summed E-state index contributed by atoms with van der Waals surface area (Å²) in [6.07, 6.45) is 0. The molecule has 0 amide bonds. The molecule has 3 rings (SSSR count). The van der Waals surface area contributed by atoms with Crippen molar-refractivity contribution in [2.75, 3.05) is 5.73 Å². The van der Waals surface area contributed by atoms with Crippen LogP contribution in [-0.4, -0.2) is 0 Å². The molecule has 6 heteroatoms. The number of hydrogen-bond donors (Lipinski definition) is 1. The quantitative estimate of drug-likeness (QED) is 0.666. The van der Waals surface area contributed by atoms with E-state index in [0.717, 1.165) is 29.3 Å². The Hall–Kier alpha value is -2.60. The predicted molar refractivity (Wildman–Crippen MR) is 94.9 cm³/mol. The van der Waals surface area contributed by atoms with E-state index in [9.17, 15) is 8.78 Å². The summed E-state index contributed by atoms with van der Waals surface area (Å²) in [4.78, 5) is 0. The van der Waals surface area contributed by atoms with Gasteiger partial charge in [0.1, 0.15) is 36.3 Å². The van der Waals surface area contributed by atoms with Crippen LogP contribution in [0.15, 0.2) is 47.2 Å². The summed E-state index contributed by atoms with van der Waals surface area (Å²) >= 11 is 1.52. The second-order valence-electron chi connectivity index (χ2n) is 5.65. The van der Waals surface area contributed by atoms with Crippen LogP contribution in [0, 0.1) is 18.6 Å². The lowest BCUT2D eigenvalue weighted by Gasteiger charge is -2.11. The highest BCUT2D eigenvalue weighted by Crippen LogP contribution is 2.26. The van der Waals surface area contributed by atoms with Gasteiger partial charge in [0.05, 0.1) is 0 Å². The molecule has 0 saturated carbocycles. The lowest BCUT2D eigenvalue weighted by atomic mass is 10.2. The van der Waals surface area contributed by atoms with Gasteiger partial charge >= 0.3 is 0 Å². The van der Waals surface area contributed by atoms with Crippen LogP contribution in [0.25, 0.3) is 0 Å². The highest BCUT2D eigenvalue weighted by atomic mass is 32.1. The van der Waals surface area contributed by atoms with Gasteiger partial charge in [-0.3, -0.25) is 0 Å². The zero-order valence-corrected chi connectivity index (χ0v) is 14.4. The summed E-state index contributed by atoms with van der Waals surface area (Å²) < 4.78 is 38.2. The van der Waals surface area contributed by atoms with Gasteiger partial charge in [0.25, 0.3) is 0 Å². The van der Waals surface area contributed by atoms with Crippen LogP contribution in [0.4, 0.5) is 14.5 Å². The van der Waals surface area contributed by atoms with E-state index in [1.54, 1.807) is 6.07 Å². The van der Waals surface area contributed by atoms with Crippen molar-refractivity contribution in [3.63, 3.8) is 0 Å². The maximum absolute atomic E-state index is 13.7. The maximum Gasteiger partial charge on any atom is 0.130 e. The molecule has 2 N–H and O–H groups in total. The molecule has 3 nitrogen and oxygen atoms in total. The average molecular weight is 361 g/mol. The lowest BCUT2D eigenvalue weighted by Crippen LogP contribution is -2.01. The number of nitrogens with two attached hydrogens (primary N) is 1. The van der Waals surface area contributed by atoms with Crippen LogP contribution >= 0.6 is 11.3 Å². The minimum Gasteiger partial charge on any atom is -0.489 e. The smallest absolute Gasteiger partial charge is 0.130 e. The summed E-state index contributed by atoms with van der Waals surface area (Å²) in [7, 11) is 0. The van der Waals surface area contributed by atoms with E-state index in [-0.39, 0.29) is 12.2 Å². The summed E-state index contributed by atoms with van der Waals surface area (Å²) in [5.74, 6) is 0.150. The average Bonchev–Trinajstić information content (AvgIpc) is 2.98. The molecule has 0 saturated heterocycles. The van der Waals surface area contributed by atoms with Crippen molar-refractivity contribution < 1.29 is 18.3 Å². The molecule has 0 aliphatic carbocycles. The molecule has 0 radical (unpaired) electrons. The minimum absolute atomic E-state index is 0.0655. The SMILES string of the molecule is Cc1cc(OCc2cscc2N)cc(OCc2cc(F)ccc2F)c1. The molecule has 0 aliphatic heterocycles. The first-order chi connectivity index (χ1) is 12.0. The highest BCUT2D eigenvalue weighted by molar-refractivity contribution is 7.08. The molecular weight excluding hydrogens is 344 g/mol. The fourth-order valence-electron chi connectivity index (χ4n) is 2.31. The molecule has 0 bridgehead atoms. The van der Waals surface area contributed by atoms with Crippen LogP contribution in [0.2, 0.25) is 0 Å². The Kier molecular flexibility index (Phi) is 5.19. The van der Waals surface area contributed by atoms with Gasteiger partial charge in [-0.25, -0.2) is 8.78 Å². The Morgan fingerprint density at radius 2 is 1.60 bits per heavy atom. The molecule has 0 aliphatic rings. The Balaban J connectivity index is 1.68. The van der Waals surface area contributed by atoms with E-state index < -0.39 is 11.6 Å². The molecule has 0 unspecified atom stereocenters. The van der Waals surface area contributed by atoms with Gasteiger partial charge in [-0.1, -0.05) is 0 Å². The number of halogens is 2. The number of nitrogen functional groups attached to an aromatic ring is 1. The standard InChI is InChI=1S/C19H17F2NO2S/c1-12-4-16(23-8-13-6-15(20)2-3-18(13)21)7-17(5-12)24-9-14-10-25-11-19(14)22/h2-7,10-11H,8-9,22H2,1H3. The first-order valence-corrected chi connectivity index (χ1v) is 8.57. The number of rotatable bonds is 6. The Labute approximate surface area is 148 Å². The first-order valence-electron chi connectivity index (χ1n) is 7.63. The van der Waals surface area contributed by atoms with Crippen molar-refractivity contribution in [3.8, 4) is 11.5 Å². The molecule has 0 fully saturated rings. The van der Waals surface area contributed by atoms with Crippen molar-refractivity contribution in [1.29, 1.82) is 0 Å². The van der Waals surface area contributed by atoms with E-state index in [1.807, 2.05) is 29.8 Å². The number of aryl methyl sites for hydroxylation is 1. The van der Waals surface area contributed by atoms with Crippen LogP contribution in [-0.2, 0) is 13.2 Å². The van der Waals surface area contributed by atoms with Gasteiger partial charge in [-0.2, -0.15) is 0 Å². The fraction of sp³-hybridized carbons (Fsp3) is 0.158. The van der Waals surface area contributed by atoms with Crippen molar-refractivity contribution >= 4 is 17.0 Å². The molecule has 25 heavy (non-hydrogen) atoms. The van der Waals surface area contributed by atoms with Gasteiger partial charge in [0.2, 0.25) is 0 Å². The minimum atomic E-state index is -0.501. The van der Waals surface area contributed by atoms with Gasteiger partial charge in [0, 0.05) is 28.3 Å². The predicted octanol–water partition coefficient (Wildman–Crippen LogP) is 5.07. The van der Waals surface area contributed by atoms with Crippen molar-refractivity contribution in [2.45, 2.75) is 20.1 Å². The van der Waals surface area contributed by atoms with Crippen LogP contribution < -0.4 is 15.2 Å². The second kappa shape index (κ2) is 7.53. The topological polar surface area (TPSA) is 44.5 Å². The summed E-state index contributed by atoms with van der Waals surface area (Å²) in [6, 6.07) is 8.69. The highest BCUT2D eigenvalue weighted by Gasteiger charge is 2.07. The number of ether oxygens (including phenoxy) is 2. The molecule has 130 valence electrons. The zero-order chi connectivity index (χ0) is 17.8. The third-order valence-electron chi connectivity index (χ3n) is 3.60. The monoisotopic (exact) mass is 361 g/mol. The van der Waals surface area contributed by atoms with Gasteiger partial charge in [-0.15, -0.1) is 11.3 Å². The fourth-order valence-corrected chi connectivity index (χ4v) is 3.04. The van der Waals surface area contributed by atoms with E-state index in [2.05, 4.69) is 0 Å². The number of anilines is 1. The third kappa shape index (κ3) is 4.48. The largest absolute Gasteiger partial charge is 0.489 e. The van der Waals surface area contributed by atoms with E-state index in [0.29, 0.717) is 23.8 Å². The molecule has 0 spiro atoms. The summed E-state index contributed by atoms with van der Waals surface area (Å²) in [5.41, 5.74) is 8.57. The normalized spacial score (nSPS) is 10.7. The van der Waals surface area contributed by atoms with Gasteiger partial charge in [0.15, 0.2) is 0 Å². The molecular formula is C19H17F2NO2S. The lowest BCUT2D eigenvalue weighted by molar-refractivity contribution is 0.286. The molecule has 3 aromatic rings. The van der Waals surface area contributed by atoms with Gasteiger partial charge < -0.3 is 15.2 Å². The Morgan fingerprint density at radius 3 is 2.24 bits per heavy atom. The van der Waals surface area contributed by atoms with Crippen LogP contribution in [0.3, 0.4) is 0 Å². The van der Waals surface area contributed by atoms with E-state index >= 15 is 0 Å². The number of benzene rings is 2. The molecule has 2 aromatic carbocycles. The zero-order valence-electron chi connectivity index (χ0n) is 13.6. The van der Waals surface area contributed by atoms with Crippen molar-refractivity contribution in [3.05, 3.63) is 75.5 Å². The number of thiophene rings is 1. The third-order valence-corrected chi connectivity index (χ3v) is 4.41. The molecule has 1 heterocycles.